The summed E-state index contributed by atoms with van der Waals surface area (Å²) in [7, 11) is 0. The van der Waals surface area contributed by atoms with Crippen LogP contribution in [0.5, 0.6) is 0 Å². The molecule has 0 aliphatic heterocycles. The van der Waals surface area contributed by atoms with Crippen LogP contribution in [0.1, 0.15) is 22.5 Å². The predicted molar refractivity (Wildman–Crippen MR) is 71.7 cm³/mol. The Labute approximate surface area is 116 Å². The smallest absolute Gasteiger partial charge is 0.251 e. The topological polar surface area (TPSA) is 51.5 Å². The van der Waals surface area contributed by atoms with Crippen LogP contribution >= 0.6 is 0 Å². The Morgan fingerprint density at radius 2 is 2.05 bits per heavy atom. The minimum Gasteiger partial charge on any atom is -0.467 e. The number of ether oxygens (including phenoxy) is 1. The Morgan fingerprint density at radius 1 is 1.25 bits per heavy atom. The minimum absolute atomic E-state index is 0.212. The van der Waals surface area contributed by atoms with E-state index in [1.54, 1.807) is 6.26 Å². The van der Waals surface area contributed by atoms with E-state index in [1.165, 1.54) is 24.3 Å². The number of halogens is 1. The third-order valence-electron chi connectivity index (χ3n) is 2.68. The first-order chi connectivity index (χ1) is 9.75. The van der Waals surface area contributed by atoms with E-state index in [1.807, 2.05) is 12.1 Å². The van der Waals surface area contributed by atoms with E-state index < -0.39 is 0 Å². The monoisotopic (exact) mass is 277 g/mol. The van der Waals surface area contributed by atoms with Crippen molar-refractivity contribution < 1.29 is 18.3 Å². The van der Waals surface area contributed by atoms with Crippen molar-refractivity contribution in [2.24, 2.45) is 0 Å². The van der Waals surface area contributed by atoms with Gasteiger partial charge in [0.15, 0.2) is 0 Å². The molecule has 0 unspecified atom stereocenters. The number of furan rings is 1. The third kappa shape index (κ3) is 4.51. The van der Waals surface area contributed by atoms with Gasteiger partial charge in [-0.15, -0.1) is 0 Å². The van der Waals surface area contributed by atoms with Crippen LogP contribution in [0.25, 0.3) is 0 Å². The highest BCUT2D eigenvalue weighted by Crippen LogP contribution is 2.03. The van der Waals surface area contributed by atoms with E-state index in [0.29, 0.717) is 31.7 Å². The van der Waals surface area contributed by atoms with Crippen molar-refractivity contribution in [3.8, 4) is 0 Å². The highest BCUT2D eigenvalue weighted by molar-refractivity contribution is 5.94. The molecule has 0 atom stereocenters. The van der Waals surface area contributed by atoms with Gasteiger partial charge in [-0.25, -0.2) is 4.39 Å². The average Bonchev–Trinajstić information content (AvgIpc) is 2.96. The molecule has 0 aliphatic carbocycles. The number of rotatable bonds is 7. The predicted octanol–water partition coefficient (Wildman–Crippen LogP) is 2.76. The largest absolute Gasteiger partial charge is 0.467 e. The summed E-state index contributed by atoms with van der Waals surface area (Å²) >= 11 is 0. The molecule has 1 aromatic heterocycles. The molecule has 1 amide bonds. The quantitative estimate of drug-likeness (QED) is 0.792. The molecular weight excluding hydrogens is 261 g/mol. The van der Waals surface area contributed by atoms with Crippen LogP contribution in [-0.4, -0.2) is 19.1 Å². The van der Waals surface area contributed by atoms with Gasteiger partial charge in [-0.05, 0) is 42.8 Å². The molecule has 2 aromatic rings. The summed E-state index contributed by atoms with van der Waals surface area (Å²) in [4.78, 5) is 11.7. The van der Waals surface area contributed by atoms with Gasteiger partial charge in [0.2, 0.25) is 0 Å². The first kappa shape index (κ1) is 14.3. The summed E-state index contributed by atoms with van der Waals surface area (Å²) in [6, 6.07) is 9.09. The lowest BCUT2D eigenvalue weighted by Gasteiger charge is -2.05. The first-order valence-corrected chi connectivity index (χ1v) is 6.39. The Balaban J connectivity index is 1.58. The van der Waals surface area contributed by atoms with Crippen LogP contribution in [-0.2, 0) is 11.3 Å². The van der Waals surface area contributed by atoms with Crippen molar-refractivity contribution in [3.05, 3.63) is 59.8 Å². The molecule has 0 bridgehead atoms. The van der Waals surface area contributed by atoms with Crippen molar-refractivity contribution in [1.29, 1.82) is 0 Å². The van der Waals surface area contributed by atoms with E-state index in [0.717, 1.165) is 5.76 Å². The van der Waals surface area contributed by atoms with Gasteiger partial charge in [-0.3, -0.25) is 4.79 Å². The van der Waals surface area contributed by atoms with E-state index in [9.17, 15) is 9.18 Å². The Kier molecular flexibility index (Phi) is 5.32. The summed E-state index contributed by atoms with van der Waals surface area (Å²) in [5.41, 5.74) is 0.447. The summed E-state index contributed by atoms with van der Waals surface area (Å²) in [6.07, 6.45) is 2.30. The molecule has 0 aliphatic rings. The lowest BCUT2D eigenvalue weighted by Crippen LogP contribution is -2.25. The average molecular weight is 277 g/mol. The van der Waals surface area contributed by atoms with Gasteiger partial charge in [-0.2, -0.15) is 0 Å². The minimum atomic E-state index is -0.354. The van der Waals surface area contributed by atoms with Gasteiger partial charge in [-0.1, -0.05) is 0 Å². The maximum atomic E-state index is 12.7. The zero-order valence-electron chi connectivity index (χ0n) is 11.0. The molecule has 1 heterocycles. The maximum absolute atomic E-state index is 12.7. The summed E-state index contributed by atoms with van der Waals surface area (Å²) < 4.78 is 23.2. The fourth-order valence-electron chi connectivity index (χ4n) is 1.65. The third-order valence-corrected chi connectivity index (χ3v) is 2.68. The Morgan fingerprint density at radius 3 is 2.75 bits per heavy atom. The molecule has 0 saturated heterocycles. The van der Waals surface area contributed by atoms with Crippen LogP contribution < -0.4 is 5.32 Å². The van der Waals surface area contributed by atoms with Crippen LogP contribution in [0.2, 0.25) is 0 Å². The lowest BCUT2D eigenvalue weighted by molar-refractivity contribution is 0.0917. The molecule has 106 valence electrons. The molecule has 0 radical (unpaired) electrons. The summed E-state index contributed by atoms with van der Waals surface area (Å²) in [6.45, 7) is 1.47. The SMILES string of the molecule is O=C(NCCCOCc1ccco1)c1ccc(F)cc1. The van der Waals surface area contributed by atoms with Gasteiger partial charge in [0.25, 0.3) is 5.91 Å². The van der Waals surface area contributed by atoms with Crippen LogP contribution in [0.4, 0.5) is 4.39 Å². The number of amides is 1. The van der Waals surface area contributed by atoms with Gasteiger partial charge >= 0.3 is 0 Å². The molecule has 5 heteroatoms. The maximum Gasteiger partial charge on any atom is 0.251 e. The number of nitrogens with one attached hydrogen (secondary N) is 1. The fraction of sp³-hybridized carbons (Fsp3) is 0.267. The number of benzene rings is 1. The highest BCUT2D eigenvalue weighted by atomic mass is 19.1. The zero-order valence-corrected chi connectivity index (χ0v) is 11.0. The molecule has 4 nitrogen and oxygen atoms in total. The standard InChI is InChI=1S/C15H16FNO3/c16-13-6-4-12(5-7-13)15(18)17-8-2-9-19-11-14-3-1-10-20-14/h1,3-7,10H,2,8-9,11H2,(H,17,18). The number of hydrogen-bond donors (Lipinski definition) is 1. The molecular formula is C15H16FNO3. The van der Waals surface area contributed by atoms with E-state index in [-0.39, 0.29) is 11.7 Å². The van der Waals surface area contributed by atoms with Gasteiger partial charge in [0.05, 0.1) is 6.26 Å². The second kappa shape index (κ2) is 7.45. The molecule has 2 rings (SSSR count). The molecule has 1 N–H and O–H groups in total. The molecule has 0 spiro atoms. The van der Waals surface area contributed by atoms with E-state index in [2.05, 4.69) is 5.32 Å². The fourth-order valence-corrected chi connectivity index (χ4v) is 1.65. The lowest BCUT2D eigenvalue weighted by atomic mass is 10.2. The van der Waals surface area contributed by atoms with Crippen LogP contribution in [0.3, 0.4) is 0 Å². The molecule has 0 saturated carbocycles. The summed E-state index contributed by atoms with van der Waals surface area (Å²) in [5, 5.41) is 2.75. The van der Waals surface area contributed by atoms with Crippen molar-refractivity contribution in [2.45, 2.75) is 13.0 Å². The van der Waals surface area contributed by atoms with Crippen molar-refractivity contribution in [3.63, 3.8) is 0 Å². The van der Waals surface area contributed by atoms with Crippen molar-refractivity contribution >= 4 is 5.91 Å². The van der Waals surface area contributed by atoms with Crippen LogP contribution in [0.15, 0.2) is 47.1 Å². The highest BCUT2D eigenvalue weighted by Gasteiger charge is 2.04. The number of carbonyl (C=O) groups is 1. The normalized spacial score (nSPS) is 10.4. The zero-order chi connectivity index (χ0) is 14.2. The summed E-state index contributed by atoms with van der Waals surface area (Å²) in [5.74, 6) is 0.212. The number of carbonyl (C=O) groups excluding carboxylic acids is 1. The molecule has 0 fully saturated rings. The van der Waals surface area contributed by atoms with Gasteiger partial charge in [0, 0.05) is 18.7 Å². The van der Waals surface area contributed by atoms with Gasteiger partial charge < -0.3 is 14.5 Å². The molecule has 1 aromatic carbocycles. The Bertz CT molecular complexity index is 523. The van der Waals surface area contributed by atoms with Crippen LogP contribution in [0, 0.1) is 5.82 Å². The van der Waals surface area contributed by atoms with Crippen molar-refractivity contribution in [1.82, 2.24) is 5.32 Å². The second-order valence-electron chi connectivity index (χ2n) is 4.25. The van der Waals surface area contributed by atoms with Gasteiger partial charge in [0.1, 0.15) is 18.2 Å². The second-order valence-corrected chi connectivity index (χ2v) is 4.25. The van der Waals surface area contributed by atoms with Crippen molar-refractivity contribution in [2.75, 3.05) is 13.2 Å². The Hall–Kier alpha value is -2.14. The molecule has 20 heavy (non-hydrogen) atoms. The van der Waals surface area contributed by atoms with E-state index >= 15 is 0 Å². The number of hydrogen-bond acceptors (Lipinski definition) is 3. The van der Waals surface area contributed by atoms with E-state index in [4.69, 9.17) is 9.15 Å². The first-order valence-electron chi connectivity index (χ1n) is 6.39.